The fourth-order valence-electron chi connectivity index (χ4n) is 1.99. The summed E-state index contributed by atoms with van der Waals surface area (Å²) < 4.78 is 13.1. The number of halogens is 1. The molecule has 0 aliphatic carbocycles. The summed E-state index contributed by atoms with van der Waals surface area (Å²) >= 11 is 0. The summed E-state index contributed by atoms with van der Waals surface area (Å²) in [6.07, 6.45) is 0. The number of hydrogen-bond donors (Lipinski definition) is 2. The third-order valence-corrected chi connectivity index (χ3v) is 3.07. The number of nitrogens with zero attached hydrogens (tertiary/aromatic N) is 1. The molecule has 5 heteroatoms. The zero-order chi connectivity index (χ0) is 15.2. The van der Waals surface area contributed by atoms with E-state index < -0.39 is 0 Å². The monoisotopic (exact) mass is 287 g/mol. The molecule has 0 bridgehead atoms. The number of benzene rings is 2. The van der Waals surface area contributed by atoms with Crippen molar-refractivity contribution in [3.63, 3.8) is 0 Å². The molecule has 0 fully saturated rings. The molecule has 0 radical (unpaired) electrons. The number of anilines is 1. The summed E-state index contributed by atoms with van der Waals surface area (Å²) in [5.74, 6) is -0.383. The Balaban J connectivity index is 1.99. The average molecular weight is 287 g/mol. The summed E-state index contributed by atoms with van der Waals surface area (Å²) in [6.45, 7) is 0.919. The Kier molecular flexibility index (Phi) is 4.90. The number of nitrogens with one attached hydrogen (secondary N) is 1. The van der Waals surface area contributed by atoms with E-state index in [-0.39, 0.29) is 11.8 Å². The lowest BCUT2D eigenvalue weighted by Crippen LogP contribution is -2.30. The minimum absolute atomic E-state index is 0.293. The van der Waals surface area contributed by atoms with E-state index >= 15 is 0 Å². The quantitative estimate of drug-likeness (QED) is 0.908. The molecular formula is C16H18FN3O. The van der Waals surface area contributed by atoms with E-state index in [9.17, 15) is 9.18 Å². The van der Waals surface area contributed by atoms with Crippen LogP contribution in [0.15, 0.2) is 48.5 Å². The molecule has 110 valence electrons. The van der Waals surface area contributed by atoms with Crippen molar-refractivity contribution in [1.82, 2.24) is 4.90 Å². The highest BCUT2D eigenvalue weighted by Gasteiger charge is 2.10. The second-order valence-electron chi connectivity index (χ2n) is 4.82. The van der Waals surface area contributed by atoms with Gasteiger partial charge in [0.05, 0.1) is 0 Å². The predicted molar refractivity (Wildman–Crippen MR) is 81.2 cm³/mol. The highest BCUT2D eigenvalue weighted by molar-refractivity contribution is 5.89. The summed E-state index contributed by atoms with van der Waals surface area (Å²) in [5.41, 5.74) is 8.05. The molecule has 4 nitrogen and oxygen atoms in total. The van der Waals surface area contributed by atoms with E-state index in [0.717, 1.165) is 11.1 Å². The molecule has 0 aliphatic heterocycles. The highest BCUT2D eigenvalue weighted by atomic mass is 19.1. The first-order valence-electron chi connectivity index (χ1n) is 6.64. The van der Waals surface area contributed by atoms with Crippen molar-refractivity contribution in [2.24, 2.45) is 5.73 Å². The highest BCUT2D eigenvalue weighted by Crippen LogP contribution is 2.11. The van der Waals surface area contributed by atoms with Crippen LogP contribution in [0.4, 0.5) is 14.9 Å². The van der Waals surface area contributed by atoms with Crippen LogP contribution < -0.4 is 11.1 Å². The van der Waals surface area contributed by atoms with Crippen LogP contribution in [0.1, 0.15) is 11.1 Å². The second-order valence-corrected chi connectivity index (χ2v) is 4.82. The number of carbonyl (C=O) groups excluding carboxylic acids is 1. The van der Waals surface area contributed by atoms with Crippen molar-refractivity contribution in [2.75, 3.05) is 12.4 Å². The third-order valence-electron chi connectivity index (χ3n) is 3.07. The van der Waals surface area contributed by atoms with Gasteiger partial charge < -0.3 is 16.0 Å². The first-order valence-corrected chi connectivity index (χ1v) is 6.64. The van der Waals surface area contributed by atoms with Crippen molar-refractivity contribution >= 4 is 11.7 Å². The molecule has 0 aromatic heterocycles. The van der Waals surface area contributed by atoms with Crippen molar-refractivity contribution in [3.05, 3.63) is 65.5 Å². The standard InChI is InChI=1S/C16H18FN3O/c1-20(11-13-5-2-4-12(8-13)10-18)16(21)19-15-7-3-6-14(17)9-15/h2-9H,10-11,18H2,1H3,(H,19,21). The molecular weight excluding hydrogens is 269 g/mol. The van der Waals surface area contributed by atoms with Gasteiger partial charge in [-0.2, -0.15) is 0 Å². The van der Waals surface area contributed by atoms with Gasteiger partial charge in [0.1, 0.15) is 5.82 Å². The van der Waals surface area contributed by atoms with Crippen molar-refractivity contribution in [2.45, 2.75) is 13.1 Å². The van der Waals surface area contributed by atoms with Crippen LogP contribution in [0.2, 0.25) is 0 Å². The molecule has 2 aromatic rings. The Morgan fingerprint density at radius 3 is 2.62 bits per heavy atom. The molecule has 2 rings (SSSR count). The van der Waals surface area contributed by atoms with Gasteiger partial charge in [-0.05, 0) is 29.3 Å². The fourth-order valence-corrected chi connectivity index (χ4v) is 1.99. The van der Waals surface area contributed by atoms with Crippen LogP contribution in [-0.4, -0.2) is 18.0 Å². The molecule has 0 atom stereocenters. The summed E-state index contributed by atoms with van der Waals surface area (Å²) in [5, 5.41) is 2.65. The van der Waals surface area contributed by atoms with Crippen LogP contribution in [0.5, 0.6) is 0 Å². The van der Waals surface area contributed by atoms with Crippen molar-refractivity contribution in [3.8, 4) is 0 Å². The maximum absolute atomic E-state index is 13.1. The number of nitrogens with two attached hydrogens (primary N) is 1. The zero-order valence-electron chi connectivity index (χ0n) is 11.8. The van der Waals surface area contributed by atoms with Crippen molar-refractivity contribution < 1.29 is 9.18 Å². The smallest absolute Gasteiger partial charge is 0.321 e. The van der Waals surface area contributed by atoms with Gasteiger partial charge in [-0.3, -0.25) is 0 Å². The molecule has 2 amide bonds. The lowest BCUT2D eigenvalue weighted by atomic mass is 10.1. The minimum atomic E-state index is -0.383. The molecule has 0 spiro atoms. The van der Waals surface area contributed by atoms with E-state index in [1.54, 1.807) is 19.2 Å². The Morgan fingerprint density at radius 1 is 1.19 bits per heavy atom. The van der Waals surface area contributed by atoms with Gasteiger partial charge in [-0.15, -0.1) is 0 Å². The molecule has 3 N–H and O–H groups in total. The molecule has 0 saturated carbocycles. The SMILES string of the molecule is CN(Cc1cccc(CN)c1)C(=O)Nc1cccc(F)c1. The Morgan fingerprint density at radius 2 is 1.90 bits per heavy atom. The van der Waals surface area contributed by atoms with E-state index in [1.807, 2.05) is 24.3 Å². The van der Waals surface area contributed by atoms with Gasteiger partial charge >= 0.3 is 6.03 Å². The van der Waals surface area contributed by atoms with Crippen LogP contribution in [0.25, 0.3) is 0 Å². The topological polar surface area (TPSA) is 58.4 Å². The van der Waals surface area contributed by atoms with Crippen LogP contribution >= 0.6 is 0 Å². The van der Waals surface area contributed by atoms with E-state index in [4.69, 9.17) is 5.73 Å². The Hall–Kier alpha value is -2.40. The molecule has 0 aliphatic rings. The minimum Gasteiger partial charge on any atom is -0.326 e. The molecule has 0 unspecified atom stereocenters. The Bertz CT molecular complexity index is 630. The summed E-state index contributed by atoms with van der Waals surface area (Å²) in [7, 11) is 1.68. The summed E-state index contributed by atoms with van der Waals surface area (Å²) in [4.78, 5) is 13.6. The lowest BCUT2D eigenvalue weighted by Gasteiger charge is -2.18. The maximum atomic E-state index is 13.1. The van der Waals surface area contributed by atoms with Crippen molar-refractivity contribution in [1.29, 1.82) is 0 Å². The van der Waals surface area contributed by atoms with Gasteiger partial charge in [0.25, 0.3) is 0 Å². The van der Waals surface area contributed by atoms with Gasteiger partial charge in [0.2, 0.25) is 0 Å². The van der Waals surface area contributed by atoms with Gasteiger partial charge in [-0.1, -0.05) is 30.3 Å². The number of urea groups is 1. The second kappa shape index (κ2) is 6.85. The van der Waals surface area contributed by atoms with Crippen LogP contribution in [0, 0.1) is 5.82 Å². The normalized spacial score (nSPS) is 10.2. The van der Waals surface area contributed by atoms with Gasteiger partial charge in [0.15, 0.2) is 0 Å². The molecule has 2 aromatic carbocycles. The average Bonchev–Trinajstić information content (AvgIpc) is 2.47. The lowest BCUT2D eigenvalue weighted by molar-refractivity contribution is 0.220. The van der Waals surface area contributed by atoms with E-state index in [2.05, 4.69) is 5.32 Å². The van der Waals surface area contributed by atoms with Crippen LogP contribution in [0.3, 0.4) is 0 Å². The number of amides is 2. The number of hydrogen-bond acceptors (Lipinski definition) is 2. The number of rotatable bonds is 4. The maximum Gasteiger partial charge on any atom is 0.321 e. The van der Waals surface area contributed by atoms with E-state index in [0.29, 0.717) is 18.8 Å². The predicted octanol–water partition coefficient (Wildman–Crippen LogP) is 2.95. The first-order chi connectivity index (χ1) is 10.1. The van der Waals surface area contributed by atoms with Gasteiger partial charge in [-0.25, -0.2) is 9.18 Å². The first kappa shape index (κ1) is 15.0. The summed E-state index contributed by atoms with van der Waals surface area (Å²) in [6, 6.07) is 13.3. The molecule has 21 heavy (non-hydrogen) atoms. The number of carbonyl (C=O) groups is 1. The zero-order valence-corrected chi connectivity index (χ0v) is 11.8. The molecule has 0 saturated heterocycles. The largest absolute Gasteiger partial charge is 0.326 e. The third kappa shape index (κ3) is 4.29. The molecule has 0 heterocycles. The van der Waals surface area contributed by atoms with Crippen LogP contribution in [-0.2, 0) is 13.1 Å². The Labute approximate surface area is 123 Å². The van der Waals surface area contributed by atoms with E-state index in [1.165, 1.54) is 17.0 Å². The fraction of sp³-hybridized carbons (Fsp3) is 0.188. The van der Waals surface area contributed by atoms with Gasteiger partial charge in [0, 0.05) is 25.8 Å².